The van der Waals surface area contributed by atoms with Crippen molar-refractivity contribution in [3.63, 3.8) is 0 Å². The fourth-order valence-corrected chi connectivity index (χ4v) is 5.25. The van der Waals surface area contributed by atoms with E-state index in [4.69, 9.17) is 14.5 Å². The van der Waals surface area contributed by atoms with E-state index in [1.54, 1.807) is 11.1 Å². The molecule has 2 heterocycles. The molecule has 2 fully saturated rings. The topological polar surface area (TPSA) is 69.6 Å². The molecule has 0 saturated carbocycles. The van der Waals surface area contributed by atoms with E-state index < -0.39 is 11.7 Å². The fraction of sp³-hybridized carbons (Fsp3) is 0.600. The molecule has 0 aliphatic carbocycles. The molecule has 0 atom stereocenters. The second-order valence-corrected chi connectivity index (χ2v) is 12.4. The van der Waals surface area contributed by atoms with Gasteiger partial charge in [-0.1, -0.05) is 51.1 Å². The molecule has 2 saturated heterocycles. The summed E-state index contributed by atoms with van der Waals surface area (Å²) < 4.78 is 11.3. The van der Waals surface area contributed by atoms with Crippen molar-refractivity contribution in [1.29, 1.82) is 0 Å². The maximum absolute atomic E-state index is 13.6. The predicted octanol–water partition coefficient (Wildman–Crippen LogP) is 7.14. The highest BCUT2D eigenvalue weighted by molar-refractivity contribution is 6.14. The molecule has 0 unspecified atom stereocenters. The van der Waals surface area contributed by atoms with E-state index in [9.17, 15) is 4.79 Å². The van der Waals surface area contributed by atoms with Crippen LogP contribution in [0.4, 0.5) is 10.5 Å². The standard InChI is InChI=1S/C35H55N5O3.H2/c1-8-11-19-38-20-22-39(23-21-38)27-29-13-15-32(16-14-29)40(34(41)43-35(5,6)7)33(10-3)36-26-30(12-9-2)28(4)37-31-17-24-42-25-18-31;/h9,12-16,26,31,37H,4,8,10-11,17-25,27H2,1-3,5-7H3;1H/b12-9?,30-26-,36-33?;. The number of nitrogens with one attached hydrogen (secondary N) is 1. The third-order valence-electron chi connectivity index (χ3n) is 7.69. The molecule has 0 spiro atoms. The number of hydrogen-bond acceptors (Lipinski definition) is 7. The molecule has 1 aromatic rings. The van der Waals surface area contributed by atoms with Gasteiger partial charge in [0.15, 0.2) is 0 Å². The Balaban J connectivity index is 0.00000675. The van der Waals surface area contributed by atoms with Crippen molar-refractivity contribution in [3.8, 4) is 0 Å². The van der Waals surface area contributed by atoms with Crippen LogP contribution >= 0.6 is 0 Å². The van der Waals surface area contributed by atoms with Crippen molar-refractivity contribution in [1.82, 2.24) is 15.1 Å². The summed E-state index contributed by atoms with van der Waals surface area (Å²) in [6.45, 7) is 24.2. The lowest BCUT2D eigenvalue weighted by molar-refractivity contribution is 0.0603. The number of unbranched alkanes of at least 4 members (excludes halogenated alkanes) is 1. The highest BCUT2D eigenvalue weighted by Crippen LogP contribution is 2.23. The number of ether oxygens (including phenoxy) is 2. The van der Waals surface area contributed by atoms with Gasteiger partial charge in [0.1, 0.15) is 11.4 Å². The zero-order chi connectivity index (χ0) is 31.2. The van der Waals surface area contributed by atoms with Gasteiger partial charge >= 0.3 is 6.09 Å². The Morgan fingerprint density at radius 2 is 1.79 bits per heavy atom. The number of hydrogen-bond donors (Lipinski definition) is 1. The first-order valence-corrected chi connectivity index (χ1v) is 16.1. The molecule has 0 aromatic heterocycles. The van der Waals surface area contributed by atoms with Gasteiger partial charge in [-0.3, -0.25) is 4.90 Å². The number of amidine groups is 1. The number of benzene rings is 1. The zero-order valence-corrected chi connectivity index (χ0v) is 27.5. The van der Waals surface area contributed by atoms with Gasteiger partial charge in [-0.15, -0.1) is 0 Å². The van der Waals surface area contributed by atoms with Crippen molar-refractivity contribution in [3.05, 3.63) is 66.0 Å². The summed E-state index contributed by atoms with van der Waals surface area (Å²) in [6.07, 6.45) is 10.3. The highest BCUT2D eigenvalue weighted by Gasteiger charge is 2.27. The van der Waals surface area contributed by atoms with Gasteiger partial charge in [0.2, 0.25) is 0 Å². The van der Waals surface area contributed by atoms with Gasteiger partial charge in [0.25, 0.3) is 0 Å². The Kier molecular flexibility index (Phi) is 14.0. The summed E-state index contributed by atoms with van der Waals surface area (Å²) in [7, 11) is 0. The Labute approximate surface area is 262 Å². The number of carbonyl (C=O) groups excluding carboxylic acids is 1. The zero-order valence-electron chi connectivity index (χ0n) is 27.5. The van der Waals surface area contributed by atoms with Crippen LogP contribution in [0, 0.1) is 0 Å². The van der Waals surface area contributed by atoms with Crippen LogP contribution in [0.25, 0.3) is 0 Å². The van der Waals surface area contributed by atoms with Crippen molar-refractivity contribution < 1.29 is 15.7 Å². The minimum atomic E-state index is -0.638. The van der Waals surface area contributed by atoms with Crippen LogP contribution in [0.2, 0.25) is 0 Å². The van der Waals surface area contributed by atoms with E-state index >= 15 is 0 Å². The molecule has 1 aromatic carbocycles. The van der Waals surface area contributed by atoms with Crippen LogP contribution in [0.1, 0.15) is 80.6 Å². The molecule has 8 heteroatoms. The first-order valence-electron chi connectivity index (χ1n) is 16.1. The summed E-state index contributed by atoms with van der Waals surface area (Å²) >= 11 is 0. The van der Waals surface area contributed by atoms with Gasteiger partial charge in [-0.05, 0) is 71.2 Å². The van der Waals surface area contributed by atoms with E-state index in [-0.39, 0.29) is 1.43 Å². The predicted molar refractivity (Wildman–Crippen MR) is 181 cm³/mol. The number of carbonyl (C=O) groups is 1. The average molecular weight is 596 g/mol. The van der Waals surface area contributed by atoms with Crippen LogP contribution in [0.5, 0.6) is 0 Å². The number of rotatable bonds is 12. The SMILES string of the molecule is C=C(NC1CCOCC1)/C(C=CC)=C\N=C(CC)N(C(=O)OC(C)(C)C)c1ccc(CN2CCN(CCCC)CC2)cc1.[HH]. The van der Waals surface area contributed by atoms with Crippen LogP contribution < -0.4 is 10.2 Å². The molecule has 2 aliphatic heterocycles. The number of piperazine rings is 1. The van der Waals surface area contributed by atoms with Crippen LogP contribution in [-0.2, 0) is 16.0 Å². The van der Waals surface area contributed by atoms with Crippen molar-refractivity contribution in [2.75, 3.05) is 50.8 Å². The molecule has 3 rings (SSSR count). The smallest absolute Gasteiger partial charge is 0.420 e. The lowest BCUT2D eigenvalue weighted by Crippen LogP contribution is -2.46. The second-order valence-electron chi connectivity index (χ2n) is 12.4. The maximum atomic E-state index is 13.6. The largest absolute Gasteiger partial charge is 0.443 e. The van der Waals surface area contributed by atoms with Crippen molar-refractivity contribution in [2.24, 2.45) is 4.99 Å². The Bertz CT molecular complexity index is 1110. The molecule has 1 N–H and O–H groups in total. The molecular formula is C35H57N5O3. The van der Waals surface area contributed by atoms with E-state index in [2.05, 4.69) is 40.8 Å². The molecule has 240 valence electrons. The number of amides is 1. The van der Waals surface area contributed by atoms with Gasteiger partial charge < -0.3 is 19.7 Å². The van der Waals surface area contributed by atoms with Gasteiger partial charge in [0.05, 0.1) is 5.69 Å². The normalized spacial score (nSPS) is 18.2. The van der Waals surface area contributed by atoms with Crippen molar-refractivity contribution >= 4 is 17.6 Å². The van der Waals surface area contributed by atoms with Crippen LogP contribution in [0.15, 0.2) is 65.5 Å². The molecule has 2 aliphatic rings. The quantitative estimate of drug-likeness (QED) is 0.157. The second kappa shape index (κ2) is 17.4. The van der Waals surface area contributed by atoms with E-state index in [1.165, 1.54) is 24.9 Å². The average Bonchev–Trinajstić information content (AvgIpc) is 2.98. The molecule has 1 amide bonds. The number of aliphatic imine (C=N–C) groups is 1. The third-order valence-corrected chi connectivity index (χ3v) is 7.69. The molecule has 8 nitrogen and oxygen atoms in total. The Hall–Kier alpha value is -2.94. The van der Waals surface area contributed by atoms with Gasteiger partial charge in [-0.2, -0.15) is 0 Å². The number of allylic oxidation sites excluding steroid dienone is 2. The number of anilines is 1. The molecule has 0 radical (unpaired) electrons. The Morgan fingerprint density at radius 3 is 2.37 bits per heavy atom. The van der Waals surface area contributed by atoms with E-state index in [1.807, 2.05) is 58.9 Å². The van der Waals surface area contributed by atoms with Crippen LogP contribution in [0.3, 0.4) is 0 Å². The first-order chi connectivity index (χ1) is 20.6. The minimum absolute atomic E-state index is 0. The third kappa shape index (κ3) is 11.6. The lowest BCUT2D eigenvalue weighted by Gasteiger charge is -2.34. The van der Waals surface area contributed by atoms with E-state index in [0.29, 0.717) is 18.3 Å². The lowest BCUT2D eigenvalue weighted by atomic mass is 10.1. The number of nitrogens with zero attached hydrogens (tertiary/aromatic N) is 4. The van der Waals surface area contributed by atoms with E-state index in [0.717, 1.165) is 75.7 Å². The fourth-order valence-electron chi connectivity index (χ4n) is 5.25. The van der Waals surface area contributed by atoms with Gasteiger partial charge in [0, 0.05) is 77.3 Å². The molecular weight excluding hydrogens is 538 g/mol. The maximum Gasteiger partial charge on any atom is 0.420 e. The molecule has 0 bridgehead atoms. The summed E-state index contributed by atoms with van der Waals surface area (Å²) in [4.78, 5) is 25.1. The van der Waals surface area contributed by atoms with Crippen molar-refractivity contribution in [2.45, 2.75) is 91.8 Å². The van der Waals surface area contributed by atoms with Crippen LogP contribution in [-0.4, -0.2) is 79.3 Å². The summed E-state index contributed by atoms with van der Waals surface area (Å²) in [5.74, 6) is 0.603. The Morgan fingerprint density at radius 1 is 1.14 bits per heavy atom. The highest BCUT2D eigenvalue weighted by atomic mass is 16.6. The monoisotopic (exact) mass is 595 g/mol. The summed E-state index contributed by atoms with van der Waals surface area (Å²) in [5, 5.41) is 3.54. The van der Waals surface area contributed by atoms with Gasteiger partial charge in [-0.25, -0.2) is 14.7 Å². The molecule has 43 heavy (non-hydrogen) atoms. The summed E-state index contributed by atoms with van der Waals surface area (Å²) in [6, 6.07) is 8.56. The minimum Gasteiger partial charge on any atom is -0.443 e. The summed E-state index contributed by atoms with van der Waals surface area (Å²) in [5.41, 5.74) is 3.01. The first kappa shape index (κ1) is 34.5.